The molecule has 1 saturated carbocycles. The van der Waals surface area contributed by atoms with Gasteiger partial charge in [-0.05, 0) is 51.1 Å². The topological polar surface area (TPSA) is 106 Å². The first-order valence-electron chi connectivity index (χ1n) is 9.90. The molecule has 2 aromatic heterocycles. The summed E-state index contributed by atoms with van der Waals surface area (Å²) >= 11 is 0. The van der Waals surface area contributed by atoms with E-state index in [1.54, 1.807) is 19.1 Å². The van der Waals surface area contributed by atoms with E-state index in [0.29, 0.717) is 36.0 Å². The highest BCUT2D eigenvalue weighted by atomic mass is 16.5. The van der Waals surface area contributed by atoms with E-state index < -0.39 is 0 Å². The third-order valence-corrected chi connectivity index (χ3v) is 5.33. The van der Waals surface area contributed by atoms with Gasteiger partial charge in [-0.3, -0.25) is 9.69 Å². The first-order chi connectivity index (χ1) is 13.6. The summed E-state index contributed by atoms with van der Waals surface area (Å²) in [7, 11) is 0. The highest BCUT2D eigenvalue weighted by Gasteiger charge is 2.30. The molecular weight excluding hydrogens is 360 g/mol. The van der Waals surface area contributed by atoms with E-state index in [0.717, 1.165) is 25.9 Å². The molecule has 0 bridgehead atoms. The van der Waals surface area contributed by atoms with Crippen molar-refractivity contribution in [2.45, 2.75) is 51.5 Å². The average molecular weight is 386 g/mol. The first kappa shape index (κ1) is 18.8. The smallest absolute Gasteiger partial charge is 0.242 e. The van der Waals surface area contributed by atoms with Gasteiger partial charge in [-0.2, -0.15) is 0 Å². The minimum atomic E-state index is -0.292. The van der Waals surface area contributed by atoms with Gasteiger partial charge in [0.15, 0.2) is 5.82 Å². The summed E-state index contributed by atoms with van der Waals surface area (Å²) in [4.78, 5) is 14.8. The second-order valence-corrected chi connectivity index (χ2v) is 7.67. The lowest BCUT2D eigenvalue weighted by Crippen LogP contribution is -2.46. The van der Waals surface area contributed by atoms with Crippen LogP contribution in [-0.2, 0) is 4.79 Å². The Labute approximate surface area is 163 Å². The molecule has 0 spiro atoms. The molecule has 1 aliphatic carbocycles. The molecule has 4 rings (SSSR count). The third-order valence-electron chi connectivity index (χ3n) is 5.33. The second kappa shape index (κ2) is 8.22. The number of ether oxygens (including phenoxy) is 1. The van der Waals surface area contributed by atoms with Crippen LogP contribution < -0.4 is 10.1 Å². The Kier molecular flexibility index (Phi) is 5.52. The molecule has 9 nitrogen and oxygen atoms in total. The van der Waals surface area contributed by atoms with Crippen molar-refractivity contribution >= 4 is 11.7 Å². The predicted octanol–water partition coefficient (Wildman–Crippen LogP) is 2.16. The molecule has 0 radical (unpaired) electrons. The number of rotatable bonds is 7. The van der Waals surface area contributed by atoms with Gasteiger partial charge in [-0.25, -0.2) is 0 Å². The molecule has 2 aliphatic rings. The van der Waals surface area contributed by atoms with Gasteiger partial charge >= 0.3 is 0 Å². The van der Waals surface area contributed by atoms with Gasteiger partial charge in [0.1, 0.15) is 0 Å². The zero-order chi connectivity index (χ0) is 19.5. The van der Waals surface area contributed by atoms with E-state index in [1.165, 1.54) is 12.8 Å². The summed E-state index contributed by atoms with van der Waals surface area (Å²) in [5, 5.41) is 19.0. The number of aryl methyl sites for hydroxylation is 1. The van der Waals surface area contributed by atoms with Crippen LogP contribution in [0.3, 0.4) is 0 Å². The number of carbonyl (C=O) groups excluding carboxylic acids is 1. The summed E-state index contributed by atoms with van der Waals surface area (Å²) in [5.41, 5.74) is 0. The minimum Gasteiger partial charge on any atom is -0.476 e. The number of carbonyl (C=O) groups is 1. The molecule has 2 aromatic rings. The Morgan fingerprint density at radius 3 is 2.82 bits per heavy atom. The molecule has 3 heterocycles. The van der Waals surface area contributed by atoms with Crippen molar-refractivity contribution in [3.05, 3.63) is 23.9 Å². The quantitative estimate of drug-likeness (QED) is 0.772. The second-order valence-electron chi connectivity index (χ2n) is 7.67. The molecule has 1 unspecified atom stereocenters. The van der Waals surface area contributed by atoms with Gasteiger partial charge in [0, 0.05) is 19.5 Å². The van der Waals surface area contributed by atoms with Crippen LogP contribution in [0.2, 0.25) is 0 Å². The van der Waals surface area contributed by atoms with E-state index >= 15 is 0 Å². The average Bonchev–Trinajstić information content (AvgIpc) is 3.45. The number of hydrogen-bond acceptors (Lipinski definition) is 8. The van der Waals surface area contributed by atoms with Crippen molar-refractivity contribution in [2.75, 3.05) is 25.0 Å². The Morgan fingerprint density at radius 2 is 2.14 bits per heavy atom. The molecule has 1 saturated heterocycles. The number of likely N-dealkylation sites (tertiary alicyclic amines) is 1. The molecule has 2 fully saturated rings. The summed E-state index contributed by atoms with van der Waals surface area (Å²) in [6.45, 7) is 5.95. The zero-order valence-electron chi connectivity index (χ0n) is 16.3. The largest absolute Gasteiger partial charge is 0.476 e. The molecule has 150 valence electrons. The van der Waals surface area contributed by atoms with Crippen molar-refractivity contribution in [1.82, 2.24) is 25.3 Å². The van der Waals surface area contributed by atoms with Crippen LogP contribution in [0.5, 0.6) is 5.88 Å². The van der Waals surface area contributed by atoms with E-state index in [4.69, 9.17) is 9.15 Å². The fraction of sp³-hybridized carbons (Fsp3) is 0.632. The zero-order valence-corrected chi connectivity index (χ0v) is 16.3. The fourth-order valence-electron chi connectivity index (χ4n) is 3.38. The summed E-state index contributed by atoms with van der Waals surface area (Å²) in [6, 6.07) is 3.17. The Hall–Kier alpha value is -2.55. The summed E-state index contributed by atoms with van der Waals surface area (Å²) in [6.07, 6.45) is 4.42. The molecule has 1 amide bonds. The van der Waals surface area contributed by atoms with E-state index in [9.17, 15) is 4.79 Å². The Bertz CT molecular complexity index is 804. The van der Waals surface area contributed by atoms with E-state index in [-0.39, 0.29) is 17.9 Å². The number of piperidine rings is 1. The maximum atomic E-state index is 12.7. The maximum absolute atomic E-state index is 12.7. The standard InChI is InChI=1S/C19H26N6O3/c1-12(25-9-3-4-15(10-25)19-24-21-13(2)28-19)18(26)20-16-7-8-17(23-22-16)27-11-14-5-6-14/h7-8,12,14-15H,3-6,9-11H2,1-2H3,(H,20,22,26)/t12-,15?/m0/s1. The van der Waals surface area contributed by atoms with Gasteiger partial charge in [-0.1, -0.05) is 0 Å². The molecule has 1 N–H and O–H groups in total. The van der Waals surface area contributed by atoms with Gasteiger partial charge < -0.3 is 14.5 Å². The Morgan fingerprint density at radius 1 is 1.29 bits per heavy atom. The van der Waals surface area contributed by atoms with Gasteiger partial charge in [0.05, 0.1) is 18.6 Å². The number of aromatic nitrogens is 4. The number of anilines is 1. The summed E-state index contributed by atoms with van der Waals surface area (Å²) in [5.74, 6) is 2.86. The first-order valence-corrected chi connectivity index (χ1v) is 9.90. The molecule has 2 atom stereocenters. The van der Waals surface area contributed by atoms with Crippen molar-refractivity contribution in [3.8, 4) is 5.88 Å². The van der Waals surface area contributed by atoms with Crippen molar-refractivity contribution < 1.29 is 13.9 Å². The van der Waals surface area contributed by atoms with Crippen LogP contribution >= 0.6 is 0 Å². The lowest BCUT2D eigenvalue weighted by Gasteiger charge is -2.34. The summed E-state index contributed by atoms with van der Waals surface area (Å²) < 4.78 is 11.2. The van der Waals surface area contributed by atoms with Crippen LogP contribution in [0.15, 0.2) is 16.5 Å². The normalized spacial score (nSPS) is 21.3. The number of nitrogens with one attached hydrogen (secondary N) is 1. The van der Waals surface area contributed by atoms with Crippen LogP contribution in [-0.4, -0.2) is 56.9 Å². The highest BCUT2D eigenvalue weighted by molar-refractivity contribution is 5.93. The molecule has 28 heavy (non-hydrogen) atoms. The SMILES string of the molecule is Cc1nnc(C2CCCN([C@@H](C)C(=O)Nc3ccc(OCC4CC4)nn3)C2)o1. The van der Waals surface area contributed by atoms with Gasteiger partial charge in [0.25, 0.3) is 0 Å². The number of hydrogen-bond donors (Lipinski definition) is 1. The fourth-order valence-corrected chi connectivity index (χ4v) is 3.38. The van der Waals surface area contributed by atoms with Crippen LogP contribution in [0.1, 0.15) is 50.3 Å². The number of amides is 1. The highest BCUT2D eigenvalue weighted by Crippen LogP contribution is 2.29. The van der Waals surface area contributed by atoms with Crippen molar-refractivity contribution in [3.63, 3.8) is 0 Å². The lowest BCUT2D eigenvalue weighted by molar-refractivity contribution is -0.121. The Balaban J connectivity index is 1.30. The third kappa shape index (κ3) is 4.64. The minimum absolute atomic E-state index is 0.108. The number of nitrogens with zero attached hydrogens (tertiary/aromatic N) is 5. The molecule has 0 aromatic carbocycles. The maximum Gasteiger partial charge on any atom is 0.242 e. The lowest BCUT2D eigenvalue weighted by atomic mass is 9.96. The molecule has 9 heteroatoms. The molecular formula is C19H26N6O3. The van der Waals surface area contributed by atoms with E-state index in [1.807, 2.05) is 6.92 Å². The van der Waals surface area contributed by atoms with Gasteiger partial charge in [-0.15, -0.1) is 20.4 Å². The van der Waals surface area contributed by atoms with Crippen molar-refractivity contribution in [2.24, 2.45) is 5.92 Å². The van der Waals surface area contributed by atoms with Crippen molar-refractivity contribution in [1.29, 1.82) is 0 Å². The molecule has 1 aliphatic heterocycles. The van der Waals surface area contributed by atoms with E-state index in [2.05, 4.69) is 30.6 Å². The van der Waals surface area contributed by atoms with Crippen LogP contribution in [0.4, 0.5) is 5.82 Å². The van der Waals surface area contributed by atoms with Gasteiger partial charge in [0.2, 0.25) is 23.6 Å². The monoisotopic (exact) mass is 386 g/mol. The van der Waals surface area contributed by atoms with Crippen LogP contribution in [0, 0.1) is 12.8 Å². The van der Waals surface area contributed by atoms with Crippen LogP contribution in [0.25, 0.3) is 0 Å². The predicted molar refractivity (Wildman–Crippen MR) is 101 cm³/mol.